The van der Waals surface area contributed by atoms with E-state index in [0.717, 1.165) is 61.8 Å². The van der Waals surface area contributed by atoms with E-state index in [1.54, 1.807) is 0 Å². The molecule has 2 amide bonds. The van der Waals surface area contributed by atoms with Crippen LogP contribution in [0.4, 0.5) is 10.5 Å². The molecule has 1 aliphatic heterocycles. The lowest BCUT2D eigenvalue weighted by Gasteiger charge is -2.25. The molecule has 1 aromatic carbocycles. The second-order valence-electron chi connectivity index (χ2n) is 7.78. The van der Waals surface area contributed by atoms with E-state index in [-0.39, 0.29) is 16.9 Å². The lowest BCUT2D eigenvalue weighted by Crippen LogP contribution is -2.39. The fraction of sp³-hybridized carbons (Fsp3) is 0.500. The summed E-state index contributed by atoms with van der Waals surface area (Å²) in [6, 6.07) is 1.43. The van der Waals surface area contributed by atoms with Crippen LogP contribution >= 0.6 is 0 Å². The zero-order valence-corrected chi connectivity index (χ0v) is 17.2. The van der Waals surface area contributed by atoms with E-state index in [1.165, 1.54) is 11.1 Å². The fourth-order valence-corrected chi connectivity index (χ4v) is 5.31. The van der Waals surface area contributed by atoms with Gasteiger partial charge < -0.3 is 20.8 Å². The van der Waals surface area contributed by atoms with Gasteiger partial charge in [-0.05, 0) is 67.7 Å². The topological polar surface area (TPSA) is 120 Å². The van der Waals surface area contributed by atoms with Crippen molar-refractivity contribution in [3.8, 4) is 0 Å². The summed E-state index contributed by atoms with van der Waals surface area (Å²) in [6.07, 6.45) is 7.08. The Morgan fingerprint density at radius 1 is 1.21 bits per heavy atom. The van der Waals surface area contributed by atoms with Crippen LogP contribution in [0.3, 0.4) is 0 Å². The highest BCUT2D eigenvalue weighted by molar-refractivity contribution is 7.94. The SMILES string of the molecule is CC1CCN/C(=C(\C=N)S(=O)(=O)NC(=O)Nc2c3c(cc4c2CCC4)CCC3)O1. The molecule has 0 radical (unpaired) electrons. The second kappa shape index (κ2) is 7.70. The molecule has 2 aliphatic carbocycles. The molecule has 1 heterocycles. The number of carbonyl (C=O) groups is 1. The average molecular weight is 419 g/mol. The molecule has 0 saturated carbocycles. The summed E-state index contributed by atoms with van der Waals surface area (Å²) in [5.41, 5.74) is 5.51. The predicted molar refractivity (Wildman–Crippen MR) is 111 cm³/mol. The van der Waals surface area contributed by atoms with Crippen LogP contribution in [0.5, 0.6) is 0 Å². The van der Waals surface area contributed by atoms with Crippen LogP contribution < -0.4 is 15.4 Å². The molecule has 8 nitrogen and oxygen atoms in total. The van der Waals surface area contributed by atoms with Gasteiger partial charge in [0.15, 0.2) is 4.91 Å². The van der Waals surface area contributed by atoms with Crippen molar-refractivity contribution in [3.63, 3.8) is 0 Å². The Kier molecular flexibility index (Phi) is 5.24. The van der Waals surface area contributed by atoms with Gasteiger partial charge in [-0.1, -0.05) is 6.07 Å². The Bertz CT molecular complexity index is 968. The quantitative estimate of drug-likeness (QED) is 0.560. The maximum atomic E-state index is 12.7. The van der Waals surface area contributed by atoms with Gasteiger partial charge in [0.1, 0.15) is 0 Å². The molecule has 1 fully saturated rings. The minimum Gasteiger partial charge on any atom is -0.475 e. The van der Waals surface area contributed by atoms with Gasteiger partial charge in [-0.15, -0.1) is 0 Å². The van der Waals surface area contributed by atoms with Crippen molar-refractivity contribution in [1.29, 1.82) is 5.41 Å². The highest BCUT2D eigenvalue weighted by Gasteiger charge is 2.29. The molecular formula is C20H26N4O4S. The van der Waals surface area contributed by atoms with Crippen molar-refractivity contribution in [1.82, 2.24) is 10.0 Å². The molecule has 29 heavy (non-hydrogen) atoms. The lowest BCUT2D eigenvalue weighted by atomic mass is 9.99. The molecule has 4 N–H and O–H groups in total. The van der Waals surface area contributed by atoms with Gasteiger partial charge in [0.2, 0.25) is 5.88 Å². The molecule has 9 heteroatoms. The number of benzene rings is 1. The first-order valence-electron chi connectivity index (χ1n) is 10.0. The van der Waals surface area contributed by atoms with Crippen LogP contribution in [0.15, 0.2) is 16.9 Å². The Morgan fingerprint density at radius 2 is 1.86 bits per heavy atom. The third kappa shape index (κ3) is 3.83. The highest BCUT2D eigenvalue weighted by Crippen LogP contribution is 2.38. The third-order valence-corrected chi connectivity index (χ3v) is 7.07. The Morgan fingerprint density at radius 3 is 2.45 bits per heavy atom. The maximum Gasteiger partial charge on any atom is 0.333 e. The maximum absolute atomic E-state index is 12.7. The summed E-state index contributed by atoms with van der Waals surface area (Å²) >= 11 is 0. The Balaban J connectivity index is 1.58. The minimum atomic E-state index is -4.26. The van der Waals surface area contributed by atoms with Gasteiger partial charge in [-0.25, -0.2) is 17.9 Å². The molecule has 1 atom stereocenters. The number of hydrogen-bond donors (Lipinski definition) is 4. The Hall–Kier alpha value is -2.55. The molecule has 1 aromatic rings. The van der Waals surface area contributed by atoms with Gasteiger partial charge in [0, 0.05) is 24.9 Å². The van der Waals surface area contributed by atoms with Gasteiger partial charge >= 0.3 is 6.03 Å². The smallest absolute Gasteiger partial charge is 0.333 e. The number of hydrogen-bond acceptors (Lipinski definition) is 6. The highest BCUT2D eigenvalue weighted by atomic mass is 32.2. The van der Waals surface area contributed by atoms with Crippen molar-refractivity contribution in [2.24, 2.45) is 0 Å². The number of anilines is 1. The third-order valence-electron chi connectivity index (χ3n) is 5.74. The second-order valence-corrected chi connectivity index (χ2v) is 9.43. The van der Waals surface area contributed by atoms with E-state index in [1.807, 2.05) is 11.6 Å². The van der Waals surface area contributed by atoms with Crippen molar-refractivity contribution in [2.45, 2.75) is 58.0 Å². The van der Waals surface area contributed by atoms with Gasteiger partial charge in [0.25, 0.3) is 10.0 Å². The number of ether oxygens (including phenoxy) is 1. The van der Waals surface area contributed by atoms with Gasteiger partial charge in [-0.3, -0.25) is 0 Å². The molecule has 3 aliphatic rings. The first-order valence-corrected chi connectivity index (χ1v) is 11.5. The average Bonchev–Trinajstić information content (AvgIpc) is 3.30. The molecule has 0 aromatic heterocycles. The molecule has 156 valence electrons. The zero-order chi connectivity index (χ0) is 20.6. The van der Waals surface area contributed by atoms with Gasteiger partial charge in [0.05, 0.1) is 6.10 Å². The number of allylic oxidation sites excluding steroid dienone is 1. The van der Waals surface area contributed by atoms with Crippen LogP contribution in [0.25, 0.3) is 0 Å². The number of nitrogens with one attached hydrogen (secondary N) is 4. The molecule has 1 saturated heterocycles. The summed E-state index contributed by atoms with van der Waals surface area (Å²) in [7, 11) is -4.26. The van der Waals surface area contributed by atoms with Crippen LogP contribution in [-0.4, -0.2) is 33.3 Å². The van der Waals surface area contributed by atoms with Crippen molar-refractivity contribution < 1.29 is 17.9 Å². The first kappa shape index (κ1) is 19.8. The monoisotopic (exact) mass is 418 g/mol. The summed E-state index contributed by atoms with van der Waals surface area (Å²) < 4.78 is 33.0. The van der Waals surface area contributed by atoms with Crippen LogP contribution in [0.1, 0.15) is 48.4 Å². The fourth-order valence-electron chi connectivity index (χ4n) is 4.38. The van der Waals surface area contributed by atoms with Crippen LogP contribution in [0, 0.1) is 5.41 Å². The van der Waals surface area contributed by atoms with E-state index in [2.05, 4.69) is 16.7 Å². The molecule has 1 unspecified atom stereocenters. The van der Waals surface area contributed by atoms with Gasteiger partial charge in [-0.2, -0.15) is 0 Å². The summed E-state index contributed by atoms with van der Waals surface area (Å²) in [6.45, 7) is 2.36. The van der Waals surface area contributed by atoms with Crippen molar-refractivity contribution in [3.05, 3.63) is 39.1 Å². The number of fused-ring (bicyclic) bond motifs is 2. The number of rotatable bonds is 4. The number of aryl methyl sites for hydroxylation is 2. The number of carbonyl (C=O) groups excluding carboxylic acids is 1. The van der Waals surface area contributed by atoms with Crippen LogP contribution in [-0.2, 0) is 40.4 Å². The minimum absolute atomic E-state index is 0.000504. The number of urea groups is 1. The van der Waals surface area contributed by atoms with E-state index < -0.39 is 16.1 Å². The number of amides is 2. The first-order chi connectivity index (χ1) is 13.9. The normalized spacial score (nSPS) is 22.0. The predicted octanol–water partition coefficient (Wildman–Crippen LogP) is 2.33. The molecule has 4 rings (SSSR count). The van der Waals surface area contributed by atoms with Crippen molar-refractivity contribution in [2.75, 3.05) is 11.9 Å². The number of sulfonamides is 1. The largest absolute Gasteiger partial charge is 0.475 e. The molecule has 0 spiro atoms. The van der Waals surface area contributed by atoms with E-state index in [9.17, 15) is 13.2 Å². The summed E-state index contributed by atoms with van der Waals surface area (Å²) in [4.78, 5) is 12.2. The van der Waals surface area contributed by atoms with E-state index in [4.69, 9.17) is 10.1 Å². The van der Waals surface area contributed by atoms with E-state index in [0.29, 0.717) is 12.8 Å². The van der Waals surface area contributed by atoms with Crippen molar-refractivity contribution >= 4 is 28.0 Å². The molecular weight excluding hydrogens is 392 g/mol. The lowest BCUT2D eigenvalue weighted by molar-refractivity contribution is 0.0814. The zero-order valence-electron chi connectivity index (χ0n) is 16.4. The van der Waals surface area contributed by atoms with E-state index >= 15 is 0 Å². The Labute approximate surface area is 170 Å². The summed E-state index contributed by atoms with van der Waals surface area (Å²) in [5, 5.41) is 13.2. The standard InChI is InChI=1S/C20H26N4O4S/c1-12-8-9-22-19(28-12)17(11-21)29(26,27)24-20(25)23-18-15-6-2-4-13(15)10-14-5-3-7-16(14)18/h10-12,21-22H,2-9H2,1H3,(H2,23,24,25)/b19-17-,21-11?. The van der Waals surface area contributed by atoms with Crippen LogP contribution in [0.2, 0.25) is 0 Å². The molecule has 0 bridgehead atoms. The summed E-state index contributed by atoms with van der Waals surface area (Å²) in [5.74, 6) is 0.000504.